The van der Waals surface area contributed by atoms with E-state index in [4.69, 9.17) is 17.4 Å². The summed E-state index contributed by atoms with van der Waals surface area (Å²) in [5.41, 5.74) is 3.95. The van der Waals surface area contributed by atoms with Crippen molar-refractivity contribution in [3.8, 4) is 0 Å². The van der Waals surface area contributed by atoms with Crippen molar-refractivity contribution in [1.82, 2.24) is 19.9 Å². The van der Waals surface area contributed by atoms with Crippen molar-refractivity contribution in [3.63, 3.8) is 0 Å². The number of hydrogen-bond donors (Lipinski definition) is 3. The molecule has 21 heavy (non-hydrogen) atoms. The molecule has 0 aliphatic rings. The number of benzene rings is 1. The number of nitrogens with two attached hydrogens (primary N) is 1. The van der Waals surface area contributed by atoms with Gasteiger partial charge in [0, 0.05) is 5.69 Å². The molecule has 0 saturated heterocycles. The number of anilines is 3. The zero-order chi connectivity index (χ0) is 14.8. The van der Waals surface area contributed by atoms with Crippen LogP contribution in [-0.4, -0.2) is 19.9 Å². The molecule has 3 rings (SSSR count). The van der Waals surface area contributed by atoms with Gasteiger partial charge in [-0.25, -0.2) is 30.2 Å². The number of nitrogens with zero attached hydrogens (tertiary/aromatic N) is 4. The summed E-state index contributed by atoms with van der Waals surface area (Å²) in [6.07, 6.45) is 2.68. The number of rotatable bonds is 3. The van der Waals surface area contributed by atoms with Gasteiger partial charge < -0.3 is 10.7 Å². The largest absolute Gasteiger partial charge is 0.338 e. The molecule has 9 heteroatoms. The van der Waals surface area contributed by atoms with E-state index in [2.05, 4.69) is 30.7 Å². The number of aromatic nitrogens is 4. The van der Waals surface area contributed by atoms with Crippen LogP contribution >= 0.6 is 11.6 Å². The Morgan fingerprint density at radius 3 is 2.33 bits per heavy atom. The van der Waals surface area contributed by atoms with Gasteiger partial charge in [0.25, 0.3) is 0 Å². The van der Waals surface area contributed by atoms with Crippen molar-refractivity contribution in [2.24, 2.45) is 5.84 Å². The summed E-state index contributed by atoms with van der Waals surface area (Å²) in [5, 5.41) is 3.02. The minimum atomic E-state index is -0.494. The monoisotopic (exact) mass is 305 g/mol. The third-order valence-corrected chi connectivity index (χ3v) is 3.03. The summed E-state index contributed by atoms with van der Waals surface area (Å²) >= 11 is 5.75. The fourth-order valence-electron chi connectivity index (χ4n) is 1.79. The van der Waals surface area contributed by atoms with E-state index >= 15 is 0 Å². The third kappa shape index (κ3) is 2.54. The van der Waals surface area contributed by atoms with Crippen LogP contribution < -0.4 is 16.6 Å². The third-order valence-electron chi connectivity index (χ3n) is 2.74. The molecule has 0 radical (unpaired) electrons. The van der Waals surface area contributed by atoms with Gasteiger partial charge in [0.1, 0.15) is 29.5 Å². The number of nitrogen functional groups attached to an aromatic ring is 1. The van der Waals surface area contributed by atoms with Gasteiger partial charge in [0.2, 0.25) is 0 Å². The first-order valence-electron chi connectivity index (χ1n) is 5.83. The summed E-state index contributed by atoms with van der Waals surface area (Å²) < 4.78 is 13.2. The highest BCUT2D eigenvalue weighted by Crippen LogP contribution is 2.26. The Bertz CT molecular complexity index is 811. The molecule has 7 nitrogen and oxygen atoms in total. The van der Waals surface area contributed by atoms with E-state index in [9.17, 15) is 4.39 Å². The molecule has 0 atom stereocenters. The van der Waals surface area contributed by atoms with E-state index in [0.717, 1.165) is 0 Å². The molecule has 0 bridgehead atoms. The smallest absolute Gasteiger partial charge is 0.170 e. The van der Waals surface area contributed by atoms with Crippen LogP contribution in [0.25, 0.3) is 11.0 Å². The Balaban J connectivity index is 2.06. The number of fused-ring (bicyclic) bond motifs is 1. The minimum Gasteiger partial charge on any atom is -0.338 e. The van der Waals surface area contributed by atoms with Crippen molar-refractivity contribution in [3.05, 3.63) is 41.7 Å². The number of hydrogen-bond acceptors (Lipinski definition) is 7. The second-order valence-corrected chi connectivity index (χ2v) is 4.45. The molecule has 3 aromatic rings. The lowest BCUT2D eigenvalue weighted by Crippen LogP contribution is -2.10. The lowest BCUT2D eigenvalue weighted by atomic mass is 10.3. The molecule has 106 valence electrons. The highest BCUT2D eigenvalue weighted by atomic mass is 35.5. The predicted molar refractivity (Wildman–Crippen MR) is 77.6 cm³/mol. The zero-order valence-electron chi connectivity index (χ0n) is 10.5. The minimum absolute atomic E-state index is 0.0114. The topological polar surface area (TPSA) is 102 Å². The Kier molecular flexibility index (Phi) is 3.46. The van der Waals surface area contributed by atoms with E-state index in [-0.39, 0.29) is 5.02 Å². The highest BCUT2D eigenvalue weighted by Gasteiger charge is 2.10. The molecule has 4 N–H and O–H groups in total. The van der Waals surface area contributed by atoms with Gasteiger partial charge in [-0.3, -0.25) is 0 Å². The summed E-state index contributed by atoms with van der Waals surface area (Å²) in [5.74, 6) is 5.69. The lowest BCUT2D eigenvalue weighted by Gasteiger charge is -2.09. The van der Waals surface area contributed by atoms with Gasteiger partial charge in [0.15, 0.2) is 11.6 Å². The van der Waals surface area contributed by atoms with Gasteiger partial charge in [0.05, 0.1) is 5.02 Å². The second-order valence-electron chi connectivity index (χ2n) is 4.04. The van der Waals surface area contributed by atoms with Crippen molar-refractivity contribution in [2.45, 2.75) is 0 Å². The average molecular weight is 306 g/mol. The van der Waals surface area contributed by atoms with Crippen molar-refractivity contribution >= 4 is 40.0 Å². The van der Waals surface area contributed by atoms with Crippen molar-refractivity contribution in [2.75, 3.05) is 10.7 Å². The van der Waals surface area contributed by atoms with Crippen LogP contribution in [0, 0.1) is 5.82 Å². The van der Waals surface area contributed by atoms with Crippen LogP contribution in [0.4, 0.5) is 21.7 Å². The summed E-state index contributed by atoms with van der Waals surface area (Å²) in [6, 6.07) is 4.25. The number of halogens is 2. The predicted octanol–water partition coefficient (Wildman–Crippen LogP) is 2.24. The molecular formula is C12H9ClFN7. The Labute approximate surface area is 123 Å². The second kappa shape index (κ2) is 5.43. The first kappa shape index (κ1) is 13.4. The number of nitrogens with one attached hydrogen (secondary N) is 2. The summed E-state index contributed by atoms with van der Waals surface area (Å²) in [4.78, 5) is 16.3. The Hall–Kier alpha value is -2.58. The first-order chi connectivity index (χ1) is 10.2. The van der Waals surface area contributed by atoms with E-state index in [1.807, 2.05) is 0 Å². The van der Waals surface area contributed by atoms with Gasteiger partial charge in [-0.05, 0) is 18.2 Å². The molecule has 0 fully saturated rings. The molecular weight excluding hydrogens is 297 g/mol. The SMILES string of the molecule is NNc1ncnc2c(Nc3ccc(F)c(Cl)c3)ncnc12. The number of hydrazine groups is 1. The maximum absolute atomic E-state index is 13.2. The molecule has 2 heterocycles. The maximum Gasteiger partial charge on any atom is 0.170 e. The van der Waals surface area contributed by atoms with Crippen LogP contribution in [0.1, 0.15) is 0 Å². The zero-order valence-corrected chi connectivity index (χ0v) is 11.3. The Morgan fingerprint density at radius 2 is 1.67 bits per heavy atom. The van der Waals surface area contributed by atoms with E-state index in [1.165, 1.54) is 24.8 Å². The van der Waals surface area contributed by atoms with Gasteiger partial charge in [-0.2, -0.15) is 0 Å². The standard InChI is InChI=1S/C12H9ClFN7/c13-7-3-6(1-2-8(7)14)20-11-9-10(17-4-18-11)12(21-15)19-5-16-9/h1-5H,15H2,(H,16,19,21)(H,17,18,20). The van der Waals surface area contributed by atoms with Gasteiger partial charge >= 0.3 is 0 Å². The van der Waals surface area contributed by atoms with Crippen LogP contribution in [0.15, 0.2) is 30.9 Å². The normalized spacial score (nSPS) is 10.6. The first-order valence-corrected chi connectivity index (χ1v) is 6.21. The lowest BCUT2D eigenvalue weighted by molar-refractivity contribution is 0.628. The van der Waals surface area contributed by atoms with Crippen molar-refractivity contribution < 1.29 is 4.39 Å². The quantitative estimate of drug-likeness (QED) is 0.504. The molecule has 1 aromatic carbocycles. The maximum atomic E-state index is 13.2. The fourth-order valence-corrected chi connectivity index (χ4v) is 1.97. The Morgan fingerprint density at radius 1 is 1.00 bits per heavy atom. The van der Waals surface area contributed by atoms with E-state index < -0.39 is 5.82 Å². The molecule has 0 aliphatic heterocycles. The molecule has 0 aliphatic carbocycles. The summed E-state index contributed by atoms with van der Waals surface area (Å²) in [7, 11) is 0. The van der Waals surface area contributed by atoms with Crippen molar-refractivity contribution in [1.29, 1.82) is 0 Å². The van der Waals surface area contributed by atoms with Gasteiger partial charge in [-0.15, -0.1) is 0 Å². The van der Waals surface area contributed by atoms with Crippen LogP contribution in [0.2, 0.25) is 5.02 Å². The highest BCUT2D eigenvalue weighted by molar-refractivity contribution is 6.31. The van der Waals surface area contributed by atoms with Gasteiger partial charge in [-0.1, -0.05) is 11.6 Å². The molecule has 0 spiro atoms. The fraction of sp³-hybridized carbons (Fsp3) is 0. The van der Waals surface area contributed by atoms with Crippen LogP contribution in [-0.2, 0) is 0 Å². The molecule has 0 unspecified atom stereocenters. The average Bonchev–Trinajstić information content (AvgIpc) is 2.51. The molecule has 0 amide bonds. The van der Waals surface area contributed by atoms with Crippen LogP contribution in [0.5, 0.6) is 0 Å². The summed E-state index contributed by atoms with van der Waals surface area (Å²) in [6.45, 7) is 0. The van der Waals surface area contributed by atoms with E-state index in [1.54, 1.807) is 6.07 Å². The van der Waals surface area contributed by atoms with Crippen LogP contribution in [0.3, 0.4) is 0 Å². The van der Waals surface area contributed by atoms with E-state index in [0.29, 0.717) is 28.4 Å². The molecule has 0 saturated carbocycles. The molecule has 2 aromatic heterocycles.